The lowest BCUT2D eigenvalue weighted by Crippen LogP contribution is -2.40. The summed E-state index contributed by atoms with van der Waals surface area (Å²) in [5, 5.41) is 14.0. The Morgan fingerprint density at radius 3 is 2.00 bits per heavy atom. The molecular weight excluding hydrogens is 732 g/mol. The van der Waals surface area contributed by atoms with Crippen LogP contribution >= 0.6 is 0 Å². The van der Waals surface area contributed by atoms with Gasteiger partial charge in [0, 0.05) is 53.2 Å². The van der Waals surface area contributed by atoms with Gasteiger partial charge >= 0.3 is 0 Å². The number of nitro groups is 1. The highest BCUT2D eigenvalue weighted by Crippen LogP contribution is 2.38. The minimum atomic E-state index is -4.33. The van der Waals surface area contributed by atoms with Crippen LogP contribution in [0.25, 0.3) is 11.1 Å². The molecule has 0 saturated carbocycles. The van der Waals surface area contributed by atoms with Crippen molar-refractivity contribution in [3.05, 3.63) is 170 Å². The maximum atomic E-state index is 15.0. The number of halogens is 4. The summed E-state index contributed by atoms with van der Waals surface area (Å²) in [4.78, 5) is 51.0. The van der Waals surface area contributed by atoms with E-state index in [0.29, 0.717) is 28.9 Å². The first kappa shape index (κ1) is 37.1. The third-order valence-corrected chi connectivity index (χ3v) is 9.76. The topological polar surface area (TPSA) is 156 Å². The average Bonchev–Trinajstić information content (AvgIpc) is 3.13. The van der Waals surface area contributed by atoms with E-state index in [0.717, 1.165) is 29.2 Å². The van der Waals surface area contributed by atoms with Gasteiger partial charge in [0.05, 0.1) is 28.4 Å². The Kier molecular flexibility index (Phi) is 10.4. The first-order valence-corrected chi connectivity index (χ1v) is 17.4. The number of nitrogens with zero attached hydrogens (tertiary/aromatic N) is 2. The van der Waals surface area contributed by atoms with Crippen molar-refractivity contribution in [3.8, 4) is 0 Å². The van der Waals surface area contributed by atoms with Gasteiger partial charge in [0.15, 0.2) is 0 Å². The van der Waals surface area contributed by atoms with E-state index in [-0.39, 0.29) is 40.4 Å². The molecule has 1 aliphatic heterocycles. The van der Waals surface area contributed by atoms with Crippen LogP contribution in [0.2, 0.25) is 0 Å². The number of rotatable bonds is 11. The number of hydrogen-bond donors (Lipinski definition) is 2. The van der Waals surface area contributed by atoms with Gasteiger partial charge < -0.3 is 5.32 Å². The van der Waals surface area contributed by atoms with Gasteiger partial charge in [-0.15, -0.1) is 0 Å². The molecule has 11 nitrogen and oxygen atoms in total. The van der Waals surface area contributed by atoms with Crippen LogP contribution in [0.1, 0.15) is 39.0 Å². The molecule has 3 amide bonds. The first-order valence-electron chi connectivity index (χ1n) is 15.9. The van der Waals surface area contributed by atoms with Crippen LogP contribution in [-0.4, -0.2) is 36.0 Å². The van der Waals surface area contributed by atoms with Gasteiger partial charge in [0.2, 0.25) is 5.91 Å². The van der Waals surface area contributed by atoms with Gasteiger partial charge in [-0.1, -0.05) is 30.3 Å². The summed E-state index contributed by atoms with van der Waals surface area (Å²) in [6, 6.07) is 21.6. The molecule has 0 spiro atoms. The van der Waals surface area contributed by atoms with Crippen LogP contribution in [0.4, 0.5) is 28.9 Å². The van der Waals surface area contributed by atoms with Gasteiger partial charge in [-0.2, -0.15) is 0 Å². The summed E-state index contributed by atoms with van der Waals surface area (Å²) >= 11 is 0. The van der Waals surface area contributed by atoms with Crippen molar-refractivity contribution in [3.63, 3.8) is 0 Å². The number of anilines is 1. The van der Waals surface area contributed by atoms with Gasteiger partial charge in [0.1, 0.15) is 23.3 Å². The Balaban J connectivity index is 1.15. The van der Waals surface area contributed by atoms with E-state index in [1.807, 2.05) is 4.72 Å². The molecular formula is C38H26F4N4O7S. The molecule has 1 heterocycles. The number of carbonyl (C=O) groups is 3. The lowest BCUT2D eigenvalue weighted by molar-refractivity contribution is -0.384. The Labute approximate surface area is 304 Å². The summed E-state index contributed by atoms with van der Waals surface area (Å²) in [5.41, 5.74) is -0.0934. The van der Waals surface area contributed by atoms with E-state index < -0.39 is 73.5 Å². The minimum Gasteiger partial charge on any atom is -0.381 e. The predicted octanol–water partition coefficient (Wildman–Crippen LogP) is 6.75. The largest absolute Gasteiger partial charge is 0.381 e. The molecule has 2 N–H and O–H groups in total. The fourth-order valence-electron chi connectivity index (χ4n) is 5.71. The van der Waals surface area contributed by atoms with E-state index in [9.17, 15) is 46.1 Å². The van der Waals surface area contributed by atoms with Crippen molar-refractivity contribution in [2.45, 2.75) is 24.4 Å². The second-order valence-electron chi connectivity index (χ2n) is 12.0. The molecule has 54 heavy (non-hydrogen) atoms. The van der Waals surface area contributed by atoms with Gasteiger partial charge in [0.25, 0.3) is 27.5 Å². The molecule has 6 rings (SSSR count). The highest BCUT2D eigenvalue weighted by atomic mass is 32.2. The number of hydrogen-bond acceptors (Lipinski definition) is 8. The average molecular weight is 759 g/mol. The number of nitrogens with one attached hydrogen (secondary N) is 2. The normalized spacial score (nSPS) is 13.2. The lowest BCUT2D eigenvalue weighted by atomic mass is 9.87. The van der Waals surface area contributed by atoms with Gasteiger partial charge in [-0.25, -0.2) is 30.7 Å². The number of carbonyl (C=O) groups excluding carboxylic acids is 3. The van der Waals surface area contributed by atoms with Crippen LogP contribution in [0.15, 0.2) is 114 Å². The summed E-state index contributed by atoms with van der Waals surface area (Å²) in [5.74, 6) is -6.92. The second-order valence-corrected chi connectivity index (χ2v) is 13.7. The van der Waals surface area contributed by atoms with Gasteiger partial charge in [-0.05, 0) is 71.3 Å². The number of amides is 3. The summed E-state index contributed by atoms with van der Waals surface area (Å²) < 4.78 is 85.3. The molecule has 1 aliphatic rings. The summed E-state index contributed by atoms with van der Waals surface area (Å²) in [7, 11) is -4.33. The zero-order chi connectivity index (χ0) is 38.7. The Hall–Kier alpha value is -6.68. The molecule has 274 valence electrons. The van der Waals surface area contributed by atoms with E-state index in [2.05, 4.69) is 5.32 Å². The number of sulfonamides is 1. The van der Waals surface area contributed by atoms with Crippen molar-refractivity contribution in [2.75, 3.05) is 5.32 Å². The molecule has 0 atom stereocenters. The smallest absolute Gasteiger partial charge is 0.271 e. The number of non-ortho nitro benzene ring substituents is 1. The molecule has 0 fully saturated rings. The first-order chi connectivity index (χ1) is 25.7. The predicted molar refractivity (Wildman–Crippen MR) is 188 cm³/mol. The molecule has 5 aromatic carbocycles. The van der Waals surface area contributed by atoms with Crippen LogP contribution in [0.3, 0.4) is 0 Å². The van der Waals surface area contributed by atoms with E-state index in [1.54, 1.807) is 6.07 Å². The molecule has 0 aliphatic carbocycles. The molecule has 0 aromatic heterocycles. The summed E-state index contributed by atoms with van der Waals surface area (Å²) in [6.45, 7) is -0.157. The zero-order valence-corrected chi connectivity index (χ0v) is 28.5. The monoisotopic (exact) mass is 758 g/mol. The third kappa shape index (κ3) is 8.03. The number of benzene rings is 5. The second kappa shape index (κ2) is 15.1. The maximum Gasteiger partial charge on any atom is 0.271 e. The van der Waals surface area contributed by atoms with Gasteiger partial charge in [-0.3, -0.25) is 29.4 Å². The molecule has 16 heteroatoms. The Morgan fingerprint density at radius 2 is 1.39 bits per heavy atom. The fourth-order valence-corrected chi connectivity index (χ4v) is 6.68. The zero-order valence-electron chi connectivity index (χ0n) is 27.7. The Morgan fingerprint density at radius 1 is 0.778 bits per heavy atom. The quantitative estimate of drug-likeness (QED) is 0.0649. The fraction of sp³-hybridized carbons (Fsp3) is 0.0789. The van der Waals surface area contributed by atoms with Crippen molar-refractivity contribution in [1.29, 1.82) is 0 Å². The van der Waals surface area contributed by atoms with Crippen LogP contribution < -0.4 is 10.0 Å². The van der Waals surface area contributed by atoms with Crippen LogP contribution in [0, 0.1) is 33.4 Å². The van der Waals surface area contributed by atoms with Crippen molar-refractivity contribution >= 4 is 50.3 Å². The van der Waals surface area contributed by atoms with Crippen LogP contribution in [0.5, 0.6) is 0 Å². The summed E-state index contributed by atoms with van der Waals surface area (Å²) in [6.07, 6.45) is -0.589. The van der Waals surface area contributed by atoms with Crippen molar-refractivity contribution in [2.24, 2.45) is 0 Å². The maximum absolute atomic E-state index is 15.0. The molecule has 5 aromatic rings. The lowest BCUT2D eigenvalue weighted by Gasteiger charge is -2.30. The molecule has 0 unspecified atom stereocenters. The Bertz CT molecular complexity index is 2480. The number of imide groups is 1. The van der Waals surface area contributed by atoms with Crippen LogP contribution in [-0.2, 0) is 32.7 Å². The highest BCUT2D eigenvalue weighted by Gasteiger charge is 2.36. The molecule has 0 saturated heterocycles. The van der Waals surface area contributed by atoms with Crippen molar-refractivity contribution < 1.29 is 45.3 Å². The number of nitro benzene ring substituents is 1. The van der Waals surface area contributed by atoms with Crippen molar-refractivity contribution in [1.82, 2.24) is 9.62 Å². The molecule has 0 radical (unpaired) electrons. The minimum absolute atomic E-state index is 0.0839. The standard InChI is InChI=1S/C38H26F4N4O7S/c39-25-10-14-30(33(41)16-25)32-19-35(47)45(38(49)36(32)31-15-11-26(40)17-34(31)42)21-23-4-8-24(9-5-23)37(48)44-54(52,53)29-12-6-22(7-13-29)20-43-27-2-1-3-28(18-27)46(50)51/h1-18,43H,19-21H2,(H,44,48). The highest BCUT2D eigenvalue weighted by molar-refractivity contribution is 7.90. The van der Waals surface area contributed by atoms with E-state index >= 15 is 4.39 Å². The van der Waals surface area contributed by atoms with E-state index in [1.165, 1.54) is 66.7 Å². The molecule has 0 bridgehead atoms. The SMILES string of the molecule is O=C(NS(=O)(=O)c1ccc(CNc2cccc([N+](=O)[O-])c2)cc1)c1ccc(CN2C(=O)CC(c3ccc(F)cc3F)=C(c3ccc(F)cc3F)C2=O)cc1. The van der Waals surface area contributed by atoms with E-state index in [4.69, 9.17) is 0 Å². The third-order valence-electron chi connectivity index (χ3n) is 8.42.